The van der Waals surface area contributed by atoms with Gasteiger partial charge in [-0.25, -0.2) is 8.42 Å². The molecule has 6 nitrogen and oxygen atoms in total. The molecule has 0 saturated carbocycles. The lowest BCUT2D eigenvalue weighted by Crippen LogP contribution is -2.38. The van der Waals surface area contributed by atoms with Crippen LogP contribution in [0.25, 0.3) is 0 Å². The van der Waals surface area contributed by atoms with Crippen LogP contribution in [0.15, 0.2) is 65.6 Å². The molecule has 0 aromatic heterocycles. The Bertz CT molecular complexity index is 1250. The predicted molar refractivity (Wildman–Crippen MR) is 129 cm³/mol. The number of rotatable bonds is 7. The number of benzene rings is 3. The van der Waals surface area contributed by atoms with Crippen LogP contribution >= 0.6 is 23.2 Å². The number of ether oxygens (including phenoxy) is 1. The Morgan fingerprint density at radius 1 is 0.969 bits per heavy atom. The number of hydrogen-bond acceptors (Lipinski definition) is 4. The minimum absolute atomic E-state index is 0.0695. The molecule has 0 spiro atoms. The van der Waals surface area contributed by atoms with Crippen LogP contribution in [0.3, 0.4) is 0 Å². The average molecular weight is 493 g/mol. The summed E-state index contributed by atoms with van der Waals surface area (Å²) >= 11 is 12.4. The number of hydrogen-bond donors (Lipinski definition) is 1. The standard InChI is InChI=1S/C23H22Cl2N2O4S/c1-15-4-9-19(10-5-15)32(29,30)27(18-8-6-16(2)20(24)13-18)14-23(28)26-17-7-11-22(31-3)21(25)12-17/h4-13H,14H2,1-3H3,(H,26,28). The first-order valence-electron chi connectivity index (χ1n) is 9.61. The van der Waals surface area contributed by atoms with Crippen LogP contribution in [0, 0.1) is 13.8 Å². The van der Waals surface area contributed by atoms with Gasteiger partial charge in [-0.05, 0) is 61.9 Å². The average Bonchev–Trinajstić information content (AvgIpc) is 2.74. The maximum atomic E-state index is 13.4. The van der Waals surface area contributed by atoms with E-state index in [0.29, 0.717) is 21.5 Å². The predicted octanol–water partition coefficient (Wildman–Crippen LogP) is 5.45. The summed E-state index contributed by atoms with van der Waals surface area (Å²) in [6.07, 6.45) is 0. The highest BCUT2D eigenvalue weighted by molar-refractivity contribution is 7.92. The molecule has 0 saturated heterocycles. The highest BCUT2D eigenvalue weighted by Crippen LogP contribution is 2.29. The topological polar surface area (TPSA) is 75.7 Å². The van der Waals surface area contributed by atoms with Crippen LogP contribution in [0.5, 0.6) is 5.75 Å². The molecule has 0 radical (unpaired) electrons. The molecule has 168 valence electrons. The zero-order chi connectivity index (χ0) is 23.5. The van der Waals surface area contributed by atoms with Gasteiger partial charge in [0.25, 0.3) is 10.0 Å². The number of anilines is 2. The summed E-state index contributed by atoms with van der Waals surface area (Å²) in [5.41, 5.74) is 2.41. The fourth-order valence-electron chi connectivity index (χ4n) is 2.96. The van der Waals surface area contributed by atoms with E-state index in [9.17, 15) is 13.2 Å². The van der Waals surface area contributed by atoms with Crippen LogP contribution in [-0.2, 0) is 14.8 Å². The molecule has 0 fully saturated rings. The van der Waals surface area contributed by atoms with Crippen molar-refractivity contribution in [1.82, 2.24) is 0 Å². The third-order valence-corrected chi connectivity index (χ3v) is 7.27. The SMILES string of the molecule is COc1ccc(NC(=O)CN(c2ccc(C)c(Cl)c2)S(=O)(=O)c2ccc(C)cc2)cc1Cl. The molecule has 3 aromatic rings. The van der Waals surface area contributed by atoms with Gasteiger partial charge in [0.05, 0.1) is 22.7 Å². The lowest BCUT2D eigenvalue weighted by Gasteiger charge is -2.24. The highest BCUT2D eigenvalue weighted by Gasteiger charge is 2.27. The third-order valence-electron chi connectivity index (χ3n) is 4.78. The zero-order valence-electron chi connectivity index (χ0n) is 17.7. The first-order valence-corrected chi connectivity index (χ1v) is 11.8. The van der Waals surface area contributed by atoms with Crippen molar-refractivity contribution in [3.63, 3.8) is 0 Å². The molecule has 3 rings (SSSR count). The Morgan fingerprint density at radius 3 is 2.25 bits per heavy atom. The summed E-state index contributed by atoms with van der Waals surface area (Å²) in [6.45, 7) is 3.21. The molecule has 0 bridgehead atoms. The third kappa shape index (κ3) is 5.35. The van der Waals surface area contributed by atoms with E-state index in [1.165, 1.54) is 31.4 Å². The first kappa shape index (κ1) is 23.9. The van der Waals surface area contributed by atoms with E-state index in [1.807, 2.05) is 13.8 Å². The zero-order valence-corrected chi connectivity index (χ0v) is 20.1. The number of carbonyl (C=O) groups excluding carboxylic acids is 1. The van der Waals surface area contributed by atoms with Gasteiger partial charge in [-0.2, -0.15) is 0 Å². The monoisotopic (exact) mass is 492 g/mol. The van der Waals surface area contributed by atoms with Gasteiger partial charge in [-0.3, -0.25) is 9.10 Å². The minimum atomic E-state index is -4.04. The molecule has 0 aliphatic heterocycles. The second-order valence-corrected chi connectivity index (χ2v) is 9.83. The summed E-state index contributed by atoms with van der Waals surface area (Å²) in [4.78, 5) is 12.9. The number of nitrogens with zero attached hydrogens (tertiary/aromatic N) is 1. The Kier molecular flexibility index (Phi) is 7.33. The quantitative estimate of drug-likeness (QED) is 0.475. The van der Waals surface area contributed by atoms with Crippen molar-refractivity contribution in [3.8, 4) is 5.75 Å². The van der Waals surface area contributed by atoms with Gasteiger partial charge in [0.1, 0.15) is 12.3 Å². The van der Waals surface area contributed by atoms with Crippen molar-refractivity contribution in [3.05, 3.63) is 81.8 Å². The van der Waals surface area contributed by atoms with E-state index < -0.39 is 22.5 Å². The van der Waals surface area contributed by atoms with Crippen LogP contribution in [0.2, 0.25) is 10.0 Å². The first-order chi connectivity index (χ1) is 15.1. The molecule has 1 N–H and O–H groups in total. The molecular weight excluding hydrogens is 471 g/mol. The van der Waals surface area contributed by atoms with Crippen molar-refractivity contribution in [2.45, 2.75) is 18.7 Å². The largest absolute Gasteiger partial charge is 0.495 e. The van der Waals surface area contributed by atoms with E-state index >= 15 is 0 Å². The fourth-order valence-corrected chi connectivity index (χ4v) is 4.81. The summed E-state index contributed by atoms with van der Waals surface area (Å²) in [7, 11) is -2.55. The van der Waals surface area contributed by atoms with Crippen molar-refractivity contribution in [1.29, 1.82) is 0 Å². The highest BCUT2D eigenvalue weighted by atomic mass is 35.5. The lowest BCUT2D eigenvalue weighted by molar-refractivity contribution is -0.114. The lowest BCUT2D eigenvalue weighted by atomic mass is 10.2. The molecule has 0 aliphatic carbocycles. The van der Waals surface area contributed by atoms with Crippen LogP contribution in [0.4, 0.5) is 11.4 Å². The van der Waals surface area contributed by atoms with E-state index in [0.717, 1.165) is 15.4 Å². The van der Waals surface area contributed by atoms with E-state index in [1.54, 1.807) is 36.4 Å². The number of nitrogens with one attached hydrogen (secondary N) is 1. The number of amides is 1. The Labute approximate surface area is 197 Å². The molecule has 0 heterocycles. The van der Waals surface area contributed by atoms with Gasteiger partial charge >= 0.3 is 0 Å². The molecule has 0 unspecified atom stereocenters. The maximum absolute atomic E-state index is 13.4. The maximum Gasteiger partial charge on any atom is 0.264 e. The second-order valence-electron chi connectivity index (χ2n) is 7.16. The number of methoxy groups -OCH3 is 1. The van der Waals surface area contributed by atoms with E-state index in [2.05, 4.69) is 5.32 Å². The Balaban J connectivity index is 1.95. The van der Waals surface area contributed by atoms with Crippen molar-refractivity contribution < 1.29 is 17.9 Å². The van der Waals surface area contributed by atoms with Gasteiger partial charge in [0.15, 0.2) is 0 Å². The second kappa shape index (κ2) is 9.81. The summed E-state index contributed by atoms with van der Waals surface area (Å²) in [5, 5.41) is 3.39. The van der Waals surface area contributed by atoms with Gasteiger partial charge < -0.3 is 10.1 Å². The van der Waals surface area contributed by atoms with Crippen LogP contribution in [0.1, 0.15) is 11.1 Å². The minimum Gasteiger partial charge on any atom is -0.495 e. The summed E-state index contributed by atoms with van der Waals surface area (Å²) in [5.74, 6) is -0.0823. The van der Waals surface area contributed by atoms with Gasteiger partial charge in [-0.15, -0.1) is 0 Å². The Morgan fingerprint density at radius 2 is 1.66 bits per heavy atom. The van der Waals surface area contributed by atoms with Gasteiger partial charge in [-0.1, -0.05) is 47.0 Å². The Hall–Kier alpha value is -2.74. The molecule has 9 heteroatoms. The van der Waals surface area contributed by atoms with E-state index in [-0.39, 0.29) is 10.6 Å². The number of aryl methyl sites for hydroxylation is 2. The molecule has 0 atom stereocenters. The number of halogens is 2. The summed E-state index contributed by atoms with van der Waals surface area (Å²) < 4.78 is 33.0. The van der Waals surface area contributed by atoms with E-state index in [4.69, 9.17) is 27.9 Å². The summed E-state index contributed by atoms with van der Waals surface area (Å²) in [6, 6.07) is 16.0. The number of sulfonamides is 1. The molecular formula is C23H22Cl2N2O4S. The van der Waals surface area contributed by atoms with Gasteiger partial charge in [0, 0.05) is 10.7 Å². The molecule has 3 aromatic carbocycles. The molecule has 0 aliphatic rings. The van der Waals surface area contributed by atoms with Crippen LogP contribution < -0.4 is 14.4 Å². The normalized spacial score (nSPS) is 11.2. The fraction of sp³-hybridized carbons (Fsp3) is 0.174. The van der Waals surface area contributed by atoms with Crippen LogP contribution in [-0.4, -0.2) is 28.0 Å². The molecule has 1 amide bonds. The molecule has 32 heavy (non-hydrogen) atoms. The smallest absolute Gasteiger partial charge is 0.264 e. The number of carbonyl (C=O) groups is 1. The van der Waals surface area contributed by atoms with Crippen molar-refractivity contribution >= 4 is 50.5 Å². The van der Waals surface area contributed by atoms with Gasteiger partial charge in [0.2, 0.25) is 5.91 Å². The van der Waals surface area contributed by atoms with Crippen molar-refractivity contribution in [2.75, 3.05) is 23.3 Å². The van der Waals surface area contributed by atoms with Crippen molar-refractivity contribution in [2.24, 2.45) is 0 Å².